The van der Waals surface area contributed by atoms with Crippen molar-refractivity contribution in [3.63, 3.8) is 0 Å². The van der Waals surface area contributed by atoms with E-state index in [-0.39, 0.29) is 5.75 Å². The topological polar surface area (TPSA) is 89.8 Å². The molecule has 0 aliphatic carbocycles. The number of halogens is 2. The number of anilines is 3. The Balaban J connectivity index is 1.55. The highest BCUT2D eigenvalue weighted by molar-refractivity contribution is 9.11. The summed E-state index contributed by atoms with van der Waals surface area (Å²) in [5.41, 5.74) is 3.75. The molecule has 0 bridgehead atoms. The minimum Gasteiger partial charge on any atom is -0.506 e. The van der Waals surface area contributed by atoms with Gasteiger partial charge in [0.25, 0.3) is 0 Å². The van der Waals surface area contributed by atoms with E-state index in [0.717, 1.165) is 57.4 Å². The summed E-state index contributed by atoms with van der Waals surface area (Å²) in [6, 6.07) is 3.56. The lowest BCUT2D eigenvalue weighted by molar-refractivity contribution is 0.468. The minimum atomic E-state index is 0.160. The fourth-order valence-electron chi connectivity index (χ4n) is 3.35. The molecule has 10 heteroatoms. The van der Waals surface area contributed by atoms with Gasteiger partial charge in [0.1, 0.15) is 5.75 Å². The molecule has 2 saturated heterocycles. The van der Waals surface area contributed by atoms with Crippen molar-refractivity contribution in [1.29, 1.82) is 0 Å². The van der Waals surface area contributed by atoms with Gasteiger partial charge in [-0.3, -0.25) is 0 Å². The molecule has 0 radical (unpaired) electrons. The molecule has 0 unspecified atom stereocenters. The third-order valence-electron chi connectivity index (χ3n) is 4.81. The molecule has 4 rings (SSSR count). The fraction of sp³-hybridized carbons (Fsp3) is 0.444. The zero-order valence-corrected chi connectivity index (χ0v) is 18.4. The Morgan fingerprint density at radius 3 is 1.89 bits per heavy atom. The van der Waals surface area contributed by atoms with Crippen molar-refractivity contribution >= 4 is 55.9 Å². The van der Waals surface area contributed by atoms with E-state index in [4.69, 9.17) is 4.98 Å². The molecule has 3 heterocycles. The maximum atomic E-state index is 9.81. The normalized spacial score (nSPS) is 17.1. The van der Waals surface area contributed by atoms with Gasteiger partial charge in [0.2, 0.25) is 17.8 Å². The first kappa shape index (κ1) is 19.4. The Hall–Kier alpha value is -1.94. The molecule has 1 aromatic heterocycles. The molecule has 1 aromatic carbocycles. The molecule has 0 atom stereocenters. The highest BCUT2D eigenvalue weighted by Gasteiger charge is 2.21. The van der Waals surface area contributed by atoms with Crippen molar-refractivity contribution in [3.8, 4) is 5.75 Å². The molecule has 0 spiro atoms. The monoisotopic (exact) mass is 509 g/mol. The van der Waals surface area contributed by atoms with Crippen LogP contribution in [0.2, 0.25) is 0 Å². The highest BCUT2D eigenvalue weighted by atomic mass is 79.9. The molecule has 2 aliphatic rings. The number of aromatic hydroxyl groups is 1. The number of nitrogens with one attached hydrogen (secondary N) is 1. The van der Waals surface area contributed by atoms with Crippen molar-refractivity contribution in [2.45, 2.75) is 25.7 Å². The molecule has 8 nitrogen and oxygen atoms in total. The zero-order chi connectivity index (χ0) is 19.5. The summed E-state index contributed by atoms with van der Waals surface area (Å²) >= 11 is 6.64. The van der Waals surface area contributed by atoms with Gasteiger partial charge in [-0.2, -0.15) is 20.1 Å². The Morgan fingerprint density at radius 2 is 1.39 bits per heavy atom. The average molecular weight is 511 g/mol. The average Bonchev–Trinajstić information content (AvgIpc) is 3.39. The van der Waals surface area contributed by atoms with Gasteiger partial charge < -0.3 is 14.9 Å². The van der Waals surface area contributed by atoms with Gasteiger partial charge >= 0.3 is 0 Å². The van der Waals surface area contributed by atoms with Gasteiger partial charge in [-0.25, -0.2) is 5.43 Å². The van der Waals surface area contributed by atoms with Crippen molar-refractivity contribution in [2.75, 3.05) is 41.4 Å². The second-order valence-corrected chi connectivity index (χ2v) is 8.56. The zero-order valence-electron chi connectivity index (χ0n) is 15.3. The summed E-state index contributed by atoms with van der Waals surface area (Å²) in [7, 11) is 0. The summed E-state index contributed by atoms with van der Waals surface area (Å²) in [6.07, 6.45) is 6.31. The third kappa shape index (κ3) is 4.38. The van der Waals surface area contributed by atoms with Crippen molar-refractivity contribution in [3.05, 3.63) is 26.6 Å². The Bertz CT molecular complexity index is 823. The lowest BCUT2D eigenvalue weighted by Crippen LogP contribution is -2.25. The molecule has 28 heavy (non-hydrogen) atoms. The first-order chi connectivity index (χ1) is 13.6. The van der Waals surface area contributed by atoms with Gasteiger partial charge in [0.05, 0.1) is 15.2 Å². The number of nitrogens with zero attached hydrogens (tertiary/aromatic N) is 6. The highest BCUT2D eigenvalue weighted by Crippen LogP contribution is 2.32. The quantitative estimate of drug-likeness (QED) is 0.467. The van der Waals surface area contributed by atoms with Crippen LogP contribution in [0, 0.1) is 0 Å². The van der Waals surface area contributed by atoms with E-state index in [1.54, 1.807) is 18.3 Å². The number of hydrazone groups is 1. The first-order valence-electron chi connectivity index (χ1n) is 9.33. The van der Waals surface area contributed by atoms with Gasteiger partial charge in [0, 0.05) is 26.2 Å². The number of phenolic OH excluding ortho intramolecular Hbond substituents is 1. The molecule has 0 saturated carbocycles. The molecular weight excluding hydrogens is 490 g/mol. The van der Waals surface area contributed by atoms with Crippen molar-refractivity contribution in [1.82, 2.24) is 15.0 Å². The molecule has 0 amide bonds. The second-order valence-electron chi connectivity index (χ2n) is 6.85. The molecule has 2 fully saturated rings. The lowest BCUT2D eigenvalue weighted by Gasteiger charge is -2.20. The summed E-state index contributed by atoms with van der Waals surface area (Å²) < 4.78 is 1.19. The summed E-state index contributed by atoms with van der Waals surface area (Å²) in [5, 5.41) is 14.1. The van der Waals surface area contributed by atoms with Gasteiger partial charge in [-0.1, -0.05) is 0 Å². The van der Waals surface area contributed by atoms with Crippen LogP contribution < -0.4 is 15.2 Å². The van der Waals surface area contributed by atoms with E-state index in [9.17, 15) is 5.11 Å². The van der Waals surface area contributed by atoms with E-state index < -0.39 is 0 Å². The van der Waals surface area contributed by atoms with E-state index >= 15 is 0 Å². The smallest absolute Gasteiger partial charge is 0.250 e. The standard InChI is InChI=1S/C18H21Br2N7O/c19-13-9-12(10-14(20)15(13)28)11-21-25-16-22-17(26-5-1-2-6-26)24-18(23-16)27-7-3-4-8-27/h9-11,28H,1-8H2,(H,22,23,24,25)/b21-11+. The van der Waals surface area contributed by atoms with Crippen LogP contribution in [0.15, 0.2) is 26.2 Å². The van der Waals surface area contributed by atoms with Gasteiger partial charge in [-0.05, 0) is 75.2 Å². The van der Waals surface area contributed by atoms with E-state index in [2.05, 4.69) is 62.2 Å². The molecule has 148 valence electrons. The van der Waals surface area contributed by atoms with Gasteiger partial charge in [0.15, 0.2) is 0 Å². The Labute approximate surface area is 180 Å². The van der Waals surface area contributed by atoms with Crippen molar-refractivity contribution < 1.29 is 5.11 Å². The van der Waals surface area contributed by atoms with Crippen LogP contribution in [-0.2, 0) is 0 Å². The summed E-state index contributed by atoms with van der Waals surface area (Å²) in [6.45, 7) is 3.90. The largest absolute Gasteiger partial charge is 0.506 e. The van der Waals surface area contributed by atoms with Crippen LogP contribution in [0.4, 0.5) is 17.8 Å². The summed E-state index contributed by atoms with van der Waals surface area (Å²) in [4.78, 5) is 18.2. The number of benzene rings is 1. The fourth-order valence-corrected chi connectivity index (χ4v) is 4.57. The predicted octanol–water partition coefficient (Wildman–Crippen LogP) is 3.75. The van der Waals surface area contributed by atoms with E-state index in [1.165, 1.54) is 0 Å². The maximum absolute atomic E-state index is 9.81. The maximum Gasteiger partial charge on any atom is 0.250 e. The number of phenols is 1. The van der Waals surface area contributed by atoms with Crippen LogP contribution in [0.3, 0.4) is 0 Å². The minimum absolute atomic E-state index is 0.160. The predicted molar refractivity (Wildman–Crippen MR) is 117 cm³/mol. The Kier molecular flexibility index (Phi) is 5.96. The van der Waals surface area contributed by atoms with Crippen LogP contribution in [0.5, 0.6) is 5.75 Å². The lowest BCUT2D eigenvalue weighted by atomic mass is 10.2. The van der Waals surface area contributed by atoms with Gasteiger partial charge in [-0.15, -0.1) is 0 Å². The molecule has 2 aliphatic heterocycles. The van der Waals surface area contributed by atoms with E-state index in [1.807, 2.05) is 0 Å². The van der Waals surface area contributed by atoms with Crippen LogP contribution >= 0.6 is 31.9 Å². The third-order valence-corrected chi connectivity index (χ3v) is 6.02. The van der Waals surface area contributed by atoms with Crippen LogP contribution in [-0.4, -0.2) is 52.5 Å². The number of aromatic nitrogens is 3. The van der Waals surface area contributed by atoms with Crippen LogP contribution in [0.1, 0.15) is 31.2 Å². The molecular formula is C18H21Br2N7O. The molecule has 2 N–H and O–H groups in total. The number of hydrogen-bond donors (Lipinski definition) is 2. The SMILES string of the molecule is Oc1c(Br)cc(/C=N/Nc2nc(N3CCCC3)nc(N3CCCC3)n2)cc1Br. The van der Waals surface area contributed by atoms with Crippen LogP contribution in [0.25, 0.3) is 0 Å². The number of hydrogen-bond acceptors (Lipinski definition) is 8. The van der Waals surface area contributed by atoms with E-state index in [0.29, 0.717) is 26.8 Å². The Morgan fingerprint density at radius 1 is 0.893 bits per heavy atom. The second kappa shape index (κ2) is 8.60. The first-order valence-corrected chi connectivity index (χ1v) is 10.9. The summed E-state index contributed by atoms with van der Waals surface area (Å²) in [5.74, 6) is 2.02. The number of rotatable bonds is 5. The van der Waals surface area contributed by atoms with Crippen molar-refractivity contribution in [2.24, 2.45) is 5.10 Å². The molecule has 2 aromatic rings.